The molecule has 0 spiro atoms. The summed E-state index contributed by atoms with van der Waals surface area (Å²) in [6.07, 6.45) is 6.08. The molecule has 1 aliphatic carbocycles. The summed E-state index contributed by atoms with van der Waals surface area (Å²) >= 11 is 6.06. The quantitative estimate of drug-likeness (QED) is 0.604. The van der Waals surface area contributed by atoms with Gasteiger partial charge in [-0.05, 0) is 68.1 Å². The number of nitrogens with one attached hydrogen (secondary N) is 2. The molecule has 2 N–H and O–H groups in total. The van der Waals surface area contributed by atoms with Crippen molar-refractivity contribution in [3.8, 4) is 0 Å². The van der Waals surface area contributed by atoms with Gasteiger partial charge < -0.3 is 10.6 Å². The first-order valence-corrected chi connectivity index (χ1v) is 9.38. The molecule has 1 heterocycles. The van der Waals surface area contributed by atoms with Crippen LogP contribution in [0, 0.1) is 5.82 Å². The molecule has 0 radical (unpaired) electrons. The van der Waals surface area contributed by atoms with Crippen molar-refractivity contribution in [2.45, 2.75) is 37.8 Å². The van der Waals surface area contributed by atoms with Crippen LogP contribution in [0.2, 0.25) is 5.02 Å². The number of anilines is 2. The van der Waals surface area contributed by atoms with E-state index in [1.54, 1.807) is 12.1 Å². The maximum atomic E-state index is 13.3. The highest BCUT2D eigenvalue weighted by atomic mass is 35.5. The minimum absolute atomic E-state index is 0.199. The molecule has 0 amide bonds. The highest BCUT2D eigenvalue weighted by Gasteiger charge is 2.21. The molecule has 3 aromatic rings. The minimum atomic E-state index is -0.199. The Morgan fingerprint density at radius 3 is 2.46 bits per heavy atom. The van der Waals surface area contributed by atoms with Crippen LogP contribution in [0.5, 0.6) is 0 Å². The number of aromatic nitrogens is 1. The van der Waals surface area contributed by atoms with E-state index in [1.165, 1.54) is 6.07 Å². The van der Waals surface area contributed by atoms with Crippen LogP contribution in [0.25, 0.3) is 10.9 Å². The number of benzene rings is 2. The van der Waals surface area contributed by atoms with Gasteiger partial charge in [-0.15, -0.1) is 0 Å². The number of hydrogen-bond acceptors (Lipinski definition) is 3. The third-order valence-corrected chi connectivity index (χ3v) is 5.22. The Bertz CT molecular complexity index is 907. The van der Waals surface area contributed by atoms with Crippen molar-refractivity contribution >= 4 is 33.9 Å². The third kappa shape index (κ3) is 3.91. The standard InChI is InChI=1S/C21H21ClFN3/c22-14-4-9-19-20(10-11-24-21(19)12-14)26-17-7-5-16(6-8-17)25-18-3-1-2-15(23)13-18/h1-4,9-13,16-17,25H,5-8H2,(H,24,26)/t16-,17+. The Balaban J connectivity index is 1.38. The highest BCUT2D eigenvalue weighted by Crippen LogP contribution is 2.29. The van der Waals surface area contributed by atoms with E-state index in [-0.39, 0.29) is 5.82 Å². The largest absolute Gasteiger partial charge is 0.382 e. The van der Waals surface area contributed by atoms with Gasteiger partial charge in [-0.2, -0.15) is 0 Å². The molecule has 4 rings (SSSR count). The number of rotatable bonds is 4. The lowest BCUT2D eigenvalue weighted by Gasteiger charge is -2.31. The fourth-order valence-electron chi connectivity index (χ4n) is 3.66. The van der Waals surface area contributed by atoms with Crippen molar-refractivity contribution in [1.82, 2.24) is 4.98 Å². The summed E-state index contributed by atoms with van der Waals surface area (Å²) in [4.78, 5) is 4.40. The lowest BCUT2D eigenvalue weighted by Crippen LogP contribution is -2.32. The lowest BCUT2D eigenvalue weighted by atomic mass is 9.90. The van der Waals surface area contributed by atoms with Crippen molar-refractivity contribution in [1.29, 1.82) is 0 Å². The van der Waals surface area contributed by atoms with E-state index in [1.807, 2.05) is 36.5 Å². The maximum absolute atomic E-state index is 13.3. The molecule has 1 saturated carbocycles. The topological polar surface area (TPSA) is 37.0 Å². The monoisotopic (exact) mass is 369 g/mol. The van der Waals surface area contributed by atoms with Gasteiger partial charge in [-0.25, -0.2) is 4.39 Å². The van der Waals surface area contributed by atoms with Gasteiger partial charge >= 0.3 is 0 Å². The van der Waals surface area contributed by atoms with Gasteiger partial charge in [0.15, 0.2) is 0 Å². The smallest absolute Gasteiger partial charge is 0.125 e. The zero-order valence-corrected chi connectivity index (χ0v) is 15.1. The van der Waals surface area contributed by atoms with E-state index in [2.05, 4.69) is 15.6 Å². The van der Waals surface area contributed by atoms with Gasteiger partial charge in [0.05, 0.1) is 5.52 Å². The van der Waals surface area contributed by atoms with Crippen LogP contribution in [0.4, 0.5) is 15.8 Å². The van der Waals surface area contributed by atoms with Crippen molar-refractivity contribution in [3.05, 3.63) is 65.6 Å². The summed E-state index contributed by atoms with van der Waals surface area (Å²) in [5, 5.41) is 8.91. The molecule has 0 bridgehead atoms. The predicted octanol–water partition coefficient (Wildman–Crippen LogP) is 5.86. The predicted molar refractivity (Wildman–Crippen MR) is 106 cm³/mol. The van der Waals surface area contributed by atoms with Crippen LogP contribution in [-0.2, 0) is 0 Å². The van der Waals surface area contributed by atoms with Gasteiger partial charge in [-0.1, -0.05) is 17.7 Å². The summed E-state index contributed by atoms with van der Waals surface area (Å²) in [5.74, 6) is -0.199. The van der Waals surface area contributed by atoms with E-state index in [9.17, 15) is 4.39 Å². The van der Waals surface area contributed by atoms with Gasteiger partial charge in [-0.3, -0.25) is 4.98 Å². The zero-order valence-electron chi connectivity index (χ0n) is 14.4. The van der Waals surface area contributed by atoms with Crippen LogP contribution in [0.15, 0.2) is 54.7 Å². The number of halogens is 2. The van der Waals surface area contributed by atoms with Crippen LogP contribution in [0.3, 0.4) is 0 Å². The Hall–Kier alpha value is -2.33. The van der Waals surface area contributed by atoms with Crippen LogP contribution < -0.4 is 10.6 Å². The molecule has 1 fully saturated rings. The summed E-state index contributed by atoms with van der Waals surface area (Å²) in [5.41, 5.74) is 2.87. The molecule has 0 aliphatic heterocycles. The zero-order chi connectivity index (χ0) is 17.9. The van der Waals surface area contributed by atoms with E-state index in [0.717, 1.165) is 48.0 Å². The molecular weight excluding hydrogens is 349 g/mol. The fourth-order valence-corrected chi connectivity index (χ4v) is 3.83. The molecule has 1 aromatic heterocycles. The first-order valence-electron chi connectivity index (χ1n) is 9.00. The first-order chi connectivity index (χ1) is 12.7. The maximum Gasteiger partial charge on any atom is 0.125 e. The van der Waals surface area contributed by atoms with Crippen LogP contribution in [-0.4, -0.2) is 17.1 Å². The molecule has 2 aromatic carbocycles. The average molecular weight is 370 g/mol. The SMILES string of the molecule is Fc1cccc(N[C@H]2CC[C@@H](Nc3ccnc4cc(Cl)ccc34)CC2)c1. The average Bonchev–Trinajstić information content (AvgIpc) is 2.63. The molecule has 134 valence electrons. The number of fused-ring (bicyclic) bond motifs is 1. The van der Waals surface area contributed by atoms with Crippen molar-refractivity contribution in [3.63, 3.8) is 0 Å². The van der Waals surface area contributed by atoms with Gasteiger partial charge in [0, 0.05) is 40.1 Å². The molecule has 26 heavy (non-hydrogen) atoms. The second-order valence-corrected chi connectivity index (χ2v) is 7.30. The third-order valence-electron chi connectivity index (χ3n) is 4.99. The van der Waals surface area contributed by atoms with Crippen molar-refractivity contribution < 1.29 is 4.39 Å². The summed E-state index contributed by atoms with van der Waals surface area (Å²) < 4.78 is 13.3. The van der Waals surface area contributed by atoms with E-state index in [4.69, 9.17) is 11.6 Å². The summed E-state index contributed by atoms with van der Waals surface area (Å²) in [6, 6.07) is 15.3. The Kier molecular flexibility index (Phi) is 4.93. The van der Waals surface area contributed by atoms with E-state index in [0.29, 0.717) is 17.1 Å². The minimum Gasteiger partial charge on any atom is -0.382 e. The number of nitrogens with zero attached hydrogens (tertiary/aromatic N) is 1. The van der Waals surface area contributed by atoms with Crippen molar-refractivity contribution in [2.75, 3.05) is 10.6 Å². The molecule has 3 nitrogen and oxygen atoms in total. The first kappa shape index (κ1) is 17.1. The van der Waals surface area contributed by atoms with Crippen LogP contribution >= 0.6 is 11.6 Å². The molecule has 0 saturated heterocycles. The number of pyridine rings is 1. The Morgan fingerprint density at radius 2 is 1.69 bits per heavy atom. The van der Waals surface area contributed by atoms with Crippen LogP contribution in [0.1, 0.15) is 25.7 Å². The number of hydrogen-bond donors (Lipinski definition) is 2. The molecular formula is C21H21ClFN3. The van der Waals surface area contributed by atoms with Gasteiger partial charge in [0.2, 0.25) is 0 Å². The van der Waals surface area contributed by atoms with E-state index < -0.39 is 0 Å². The molecule has 0 atom stereocenters. The second-order valence-electron chi connectivity index (χ2n) is 6.87. The Labute approximate surface area is 157 Å². The van der Waals surface area contributed by atoms with Crippen molar-refractivity contribution in [2.24, 2.45) is 0 Å². The lowest BCUT2D eigenvalue weighted by molar-refractivity contribution is 0.429. The Morgan fingerprint density at radius 1 is 0.923 bits per heavy atom. The summed E-state index contributed by atoms with van der Waals surface area (Å²) in [6.45, 7) is 0. The molecule has 1 aliphatic rings. The fraction of sp³-hybridized carbons (Fsp3) is 0.286. The second kappa shape index (κ2) is 7.50. The van der Waals surface area contributed by atoms with E-state index >= 15 is 0 Å². The molecule has 5 heteroatoms. The summed E-state index contributed by atoms with van der Waals surface area (Å²) in [7, 11) is 0. The molecule has 0 unspecified atom stereocenters. The van der Waals surface area contributed by atoms with Gasteiger partial charge in [0.25, 0.3) is 0 Å². The highest BCUT2D eigenvalue weighted by molar-refractivity contribution is 6.31. The van der Waals surface area contributed by atoms with Gasteiger partial charge in [0.1, 0.15) is 5.82 Å². The normalized spacial score (nSPS) is 20.1.